The summed E-state index contributed by atoms with van der Waals surface area (Å²) in [6.07, 6.45) is 3.59. The highest BCUT2D eigenvalue weighted by atomic mass is 16.5. The van der Waals surface area contributed by atoms with Crippen LogP contribution in [0.1, 0.15) is 24.8 Å². The minimum absolute atomic E-state index is 0.155. The third-order valence-electron chi connectivity index (χ3n) is 3.67. The quantitative estimate of drug-likeness (QED) is 0.846. The van der Waals surface area contributed by atoms with Crippen molar-refractivity contribution in [1.29, 1.82) is 0 Å². The highest BCUT2D eigenvalue weighted by molar-refractivity contribution is 5.43. The van der Waals surface area contributed by atoms with Gasteiger partial charge in [0.05, 0.1) is 14.2 Å². The van der Waals surface area contributed by atoms with Gasteiger partial charge < -0.3 is 15.2 Å². The molecule has 2 rings (SSSR count). The second-order valence-electron chi connectivity index (χ2n) is 4.44. The van der Waals surface area contributed by atoms with E-state index < -0.39 is 0 Å². The maximum Gasteiger partial charge on any atom is 0.122 e. The van der Waals surface area contributed by atoms with Crippen molar-refractivity contribution in [3.8, 4) is 11.5 Å². The van der Waals surface area contributed by atoms with E-state index in [2.05, 4.69) is 12.1 Å². The van der Waals surface area contributed by atoms with Gasteiger partial charge in [-0.3, -0.25) is 0 Å². The van der Waals surface area contributed by atoms with Crippen LogP contribution in [-0.4, -0.2) is 20.8 Å². The lowest BCUT2D eigenvalue weighted by Gasteiger charge is -2.41. The number of methoxy groups -OCH3 is 2. The lowest BCUT2D eigenvalue weighted by atomic mass is 9.64. The standard InChI is InChI=1S/C13H19NO2/c1-15-11-6-10(7-12(8-11)16-2)13(9-14)4-3-5-13/h6-8H,3-5,9,14H2,1-2H3. The smallest absolute Gasteiger partial charge is 0.122 e. The number of benzene rings is 1. The molecule has 0 radical (unpaired) electrons. The zero-order valence-corrected chi connectivity index (χ0v) is 9.95. The van der Waals surface area contributed by atoms with E-state index in [9.17, 15) is 0 Å². The third kappa shape index (κ3) is 1.76. The molecule has 1 aromatic carbocycles. The summed E-state index contributed by atoms with van der Waals surface area (Å²) in [5, 5.41) is 0. The Balaban J connectivity index is 2.39. The van der Waals surface area contributed by atoms with Crippen LogP contribution >= 0.6 is 0 Å². The Morgan fingerprint density at radius 3 is 2.00 bits per heavy atom. The Morgan fingerprint density at radius 1 is 1.12 bits per heavy atom. The van der Waals surface area contributed by atoms with E-state index in [1.165, 1.54) is 24.8 Å². The molecule has 0 saturated heterocycles. The third-order valence-corrected chi connectivity index (χ3v) is 3.67. The van der Waals surface area contributed by atoms with E-state index in [1.54, 1.807) is 14.2 Å². The molecule has 1 saturated carbocycles. The van der Waals surface area contributed by atoms with Crippen LogP contribution in [0.5, 0.6) is 11.5 Å². The van der Waals surface area contributed by atoms with Crippen molar-refractivity contribution in [1.82, 2.24) is 0 Å². The number of hydrogen-bond donors (Lipinski definition) is 1. The normalized spacial score (nSPS) is 17.7. The van der Waals surface area contributed by atoms with Crippen molar-refractivity contribution < 1.29 is 9.47 Å². The highest BCUT2D eigenvalue weighted by Crippen LogP contribution is 2.44. The molecule has 0 aromatic heterocycles. The van der Waals surface area contributed by atoms with Crippen molar-refractivity contribution in [2.75, 3.05) is 20.8 Å². The average molecular weight is 221 g/mol. The van der Waals surface area contributed by atoms with Gasteiger partial charge >= 0.3 is 0 Å². The summed E-state index contributed by atoms with van der Waals surface area (Å²) >= 11 is 0. The summed E-state index contributed by atoms with van der Waals surface area (Å²) in [4.78, 5) is 0. The van der Waals surface area contributed by atoms with Crippen molar-refractivity contribution in [3.63, 3.8) is 0 Å². The largest absolute Gasteiger partial charge is 0.497 e. The van der Waals surface area contributed by atoms with Crippen LogP contribution in [0.3, 0.4) is 0 Å². The molecule has 0 atom stereocenters. The number of nitrogens with two attached hydrogens (primary N) is 1. The summed E-state index contributed by atoms with van der Waals surface area (Å²) in [6.45, 7) is 0.698. The van der Waals surface area contributed by atoms with E-state index in [4.69, 9.17) is 15.2 Å². The monoisotopic (exact) mass is 221 g/mol. The maximum atomic E-state index is 5.90. The van der Waals surface area contributed by atoms with Crippen LogP contribution in [-0.2, 0) is 5.41 Å². The van der Waals surface area contributed by atoms with Crippen molar-refractivity contribution in [3.05, 3.63) is 23.8 Å². The molecule has 2 N–H and O–H groups in total. The molecule has 0 heterocycles. The molecule has 1 fully saturated rings. The average Bonchev–Trinajstić information content (AvgIpc) is 2.28. The molecule has 1 aromatic rings. The second kappa shape index (κ2) is 4.34. The van der Waals surface area contributed by atoms with Gasteiger partial charge in [0.25, 0.3) is 0 Å². The van der Waals surface area contributed by atoms with Crippen molar-refractivity contribution in [2.24, 2.45) is 5.73 Å². The van der Waals surface area contributed by atoms with Gasteiger partial charge in [0, 0.05) is 18.0 Å². The molecule has 1 aliphatic carbocycles. The Labute approximate surface area is 96.5 Å². The second-order valence-corrected chi connectivity index (χ2v) is 4.44. The summed E-state index contributed by atoms with van der Waals surface area (Å²) in [5.74, 6) is 1.68. The van der Waals surface area contributed by atoms with Gasteiger partial charge in [0.15, 0.2) is 0 Å². The first kappa shape index (κ1) is 11.3. The number of rotatable bonds is 4. The molecule has 1 aliphatic rings. The molecule has 0 amide bonds. The Kier molecular flexibility index (Phi) is 3.06. The number of hydrogen-bond acceptors (Lipinski definition) is 3. The predicted molar refractivity (Wildman–Crippen MR) is 64.1 cm³/mol. The van der Waals surface area contributed by atoms with E-state index >= 15 is 0 Å². The van der Waals surface area contributed by atoms with Crippen molar-refractivity contribution in [2.45, 2.75) is 24.7 Å². The Morgan fingerprint density at radius 2 is 1.69 bits per heavy atom. The topological polar surface area (TPSA) is 44.5 Å². The molecule has 16 heavy (non-hydrogen) atoms. The molecule has 88 valence electrons. The van der Waals surface area contributed by atoms with Gasteiger partial charge in [-0.05, 0) is 30.5 Å². The van der Waals surface area contributed by atoms with Gasteiger partial charge in [0.2, 0.25) is 0 Å². The molecule has 0 bridgehead atoms. The summed E-state index contributed by atoms with van der Waals surface area (Å²) in [7, 11) is 3.35. The summed E-state index contributed by atoms with van der Waals surface area (Å²) < 4.78 is 10.6. The minimum atomic E-state index is 0.155. The first-order valence-electron chi connectivity index (χ1n) is 5.68. The van der Waals surface area contributed by atoms with Gasteiger partial charge in [-0.25, -0.2) is 0 Å². The van der Waals surface area contributed by atoms with Crippen LogP contribution in [0, 0.1) is 0 Å². The Hall–Kier alpha value is -1.22. The SMILES string of the molecule is COc1cc(OC)cc(C2(CN)CCC2)c1. The first-order chi connectivity index (χ1) is 7.74. The minimum Gasteiger partial charge on any atom is -0.497 e. The van der Waals surface area contributed by atoms with Gasteiger partial charge in [0.1, 0.15) is 11.5 Å². The molecule has 0 aliphatic heterocycles. The van der Waals surface area contributed by atoms with Gasteiger partial charge in [-0.2, -0.15) is 0 Å². The van der Waals surface area contributed by atoms with Crippen molar-refractivity contribution >= 4 is 0 Å². The molecule has 3 nitrogen and oxygen atoms in total. The van der Waals surface area contributed by atoms with E-state index in [0.29, 0.717) is 6.54 Å². The molecule has 3 heteroatoms. The van der Waals surface area contributed by atoms with E-state index in [1.807, 2.05) is 6.07 Å². The highest BCUT2D eigenvalue weighted by Gasteiger charge is 2.37. The summed E-state index contributed by atoms with van der Waals surface area (Å²) in [5.41, 5.74) is 7.30. The van der Waals surface area contributed by atoms with E-state index in [-0.39, 0.29) is 5.41 Å². The van der Waals surface area contributed by atoms with Crippen LogP contribution in [0.2, 0.25) is 0 Å². The van der Waals surface area contributed by atoms with Gasteiger partial charge in [-0.1, -0.05) is 6.42 Å². The molecular weight excluding hydrogens is 202 g/mol. The zero-order valence-electron chi connectivity index (χ0n) is 9.95. The fraction of sp³-hybridized carbons (Fsp3) is 0.538. The lowest BCUT2D eigenvalue weighted by molar-refractivity contribution is 0.251. The van der Waals surface area contributed by atoms with E-state index in [0.717, 1.165) is 11.5 Å². The maximum absolute atomic E-state index is 5.90. The summed E-state index contributed by atoms with van der Waals surface area (Å²) in [6, 6.07) is 6.05. The van der Waals surface area contributed by atoms with Crippen LogP contribution in [0.25, 0.3) is 0 Å². The fourth-order valence-electron chi connectivity index (χ4n) is 2.33. The lowest BCUT2D eigenvalue weighted by Crippen LogP contribution is -2.41. The Bertz CT molecular complexity index is 344. The molecule has 0 spiro atoms. The zero-order chi connectivity index (χ0) is 11.6. The molecular formula is C13H19NO2. The van der Waals surface area contributed by atoms with Gasteiger partial charge in [-0.15, -0.1) is 0 Å². The van der Waals surface area contributed by atoms with Crippen LogP contribution in [0.4, 0.5) is 0 Å². The fourth-order valence-corrected chi connectivity index (χ4v) is 2.33. The van der Waals surface area contributed by atoms with Crippen LogP contribution in [0.15, 0.2) is 18.2 Å². The molecule has 0 unspecified atom stereocenters. The number of ether oxygens (including phenoxy) is 2. The first-order valence-corrected chi connectivity index (χ1v) is 5.68. The predicted octanol–water partition coefficient (Wildman–Crippen LogP) is 2.08. The van der Waals surface area contributed by atoms with Crippen LogP contribution < -0.4 is 15.2 Å².